The summed E-state index contributed by atoms with van der Waals surface area (Å²) >= 11 is 0. The molecule has 4 nitrogen and oxygen atoms in total. The Balaban J connectivity index is 2.70. The number of benzene rings is 1. The molecule has 0 atom stereocenters. The van der Waals surface area contributed by atoms with E-state index in [1.54, 1.807) is 19.1 Å². The summed E-state index contributed by atoms with van der Waals surface area (Å²) in [6.07, 6.45) is 0. The predicted octanol–water partition coefficient (Wildman–Crippen LogP) is 1.81. The maximum absolute atomic E-state index is 11.1. The third-order valence-electron chi connectivity index (χ3n) is 1.91. The Morgan fingerprint density at radius 3 is 2.88 bits per heavy atom. The van der Waals surface area contributed by atoms with E-state index < -0.39 is 5.97 Å². The lowest BCUT2D eigenvalue weighted by molar-refractivity contribution is -0.145. The zero-order valence-corrected chi connectivity index (χ0v) is 9.32. The van der Waals surface area contributed by atoms with Crippen molar-refractivity contribution >= 4 is 5.97 Å². The van der Waals surface area contributed by atoms with E-state index in [9.17, 15) is 4.79 Å². The second-order valence-electron chi connectivity index (χ2n) is 3.21. The van der Waals surface area contributed by atoms with Gasteiger partial charge in [-0.1, -0.05) is 6.07 Å². The molecule has 0 N–H and O–H groups in total. The Bertz CT molecular complexity index is 421. The number of carbonyl (C=O) groups excluding carboxylic acids is 1. The molecule has 0 spiro atoms. The number of aryl methyl sites for hydroxylation is 1. The molecule has 0 aromatic heterocycles. The molecule has 0 aliphatic heterocycles. The molecule has 0 aliphatic rings. The topological polar surface area (TPSA) is 59.3 Å². The van der Waals surface area contributed by atoms with Crippen LogP contribution in [0.3, 0.4) is 0 Å². The number of ether oxygens (including phenoxy) is 2. The fraction of sp³-hybridized carbons (Fsp3) is 0.333. The highest BCUT2D eigenvalue weighted by Gasteiger charge is 2.07. The number of carbonyl (C=O) groups is 1. The molecule has 4 heteroatoms. The van der Waals surface area contributed by atoms with Crippen LogP contribution in [0.5, 0.6) is 5.75 Å². The highest BCUT2D eigenvalue weighted by atomic mass is 16.6. The van der Waals surface area contributed by atoms with Gasteiger partial charge in [0, 0.05) is 0 Å². The van der Waals surface area contributed by atoms with Crippen molar-refractivity contribution in [1.29, 1.82) is 5.26 Å². The van der Waals surface area contributed by atoms with Crippen LogP contribution in [0.4, 0.5) is 0 Å². The maximum Gasteiger partial charge on any atom is 0.344 e. The van der Waals surface area contributed by atoms with E-state index in [0.29, 0.717) is 17.9 Å². The first-order valence-electron chi connectivity index (χ1n) is 4.96. The summed E-state index contributed by atoms with van der Waals surface area (Å²) in [5.41, 5.74) is 1.38. The SMILES string of the molecule is CCOC(=O)COc1cc(C)ccc1C#N. The van der Waals surface area contributed by atoms with Gasteiger partial charge in [0.05, 0.1) is 12.2 Å². The fourth-order valence-corrected chi connectivity index (χ4v) is 1.18. The van der Waals surface area contributed by atoms with E-state index in [0.717, 1.165) is 5.56 Å². The molecule has 0 heterocycles. The van der Waals surface area contributed by atoms with Gasteiger partial charge < -0.3 is 9.47 Å². The third-order valence-corrected chi connectivity index (χ3v) is 1.91. The smallest absolute Gasteiger partial charge is 0.344 e. The molecule has 0 bridgehead atoms. The van der Waals surface area contributed by atoms with Gasteiger partial charge in [-0.15, -0.1) is 0 Å². The number of nitrogens with zero attached hydrogens (tertiary/aromatic N) is 1. The summed E-state index contributed by atoms with van der Waals surface area (Å²) < 4.78 is 9.95. The molecule has 0 saturated carbocycles. The van der Waals surface area contributed by atoms with Crippen molar-refractivity contribution in [3.63, 3.8) is 0 Å². The fourth-order valence-electron chi connectivity index (χ4n) is 1.18. The quantitative estimate of drug-likeness (QED) is 0.724. The zero-order chi connectivity index (χ0) is 12.0. The molecule has 0 amide bonds. The van der Waals surface area contributed by atoms with Crippen molar-refractivity contribution in [3.8, 4) is 11.8 Å². The summed E-state index contributed by atoms with van der Waals surface area (Å²) in [7, 11) is 0. The van der Waals surface area contributed by atoms with Crippen molar-refractivity contribution in [2.45, 2.75) is 13.8 Å². The molecule has 1 aromatic carbocycles. The first-order valence-corrected chi connectivity index (χ1v) is 4.96. The lowest BCUT2D eigenvalue weighted by Crippen LogP contribution is -2.15. The lowest BCUT2D eigenvalue weighted by Gasteiger charge is -2.07. The van der Waals surface area contributed by atoms with E-state index in [2.05, 4.69) is 0 Å². The van der Waals surface area contributed by atoms with E-state index in [4.69, 9.17) is 14.7 Å². The normalized spacial score (nSPS) is 9.31. The molecule has 0 saturated heterocycles. The second kappa shape index (κ2) is 5.76. The molecule has 84 valence electrons. The van der Waals surface area contributed by atoms with Gasteiger partial charge in [0.2, 0.25) is 0 Å². The summed E-state index contributed by atoms with van der Waals surface area (Å²) in [6.45, 7) is 3.76. The minimum absolute atomic E-state index is 0.175. The van der Waals surface area contributed by atoms with Crippen LogP contribution in [0.15, 0.2) is 18.2 Å². The average Bonchev–Trinajstić information content (AvgIpc) is 2.27. The maximum atomic E-state index is 11.1. The van der Waals surface area contributed by atoms with E-state index in [1.165, 1.54) is 0 Å². The third kappa shape index (κ3) is 3.28. The monoisotopic (exact) mass is 219 g/mol. The Hall–Kier alpha value is -2.02. The van der Waals surface area contributed by atoms with Crippen LogP contribution in [0.2, 0.25) is 0 Å². The van der Waals surface area contributed by atoms with Gasteiger partial charge in [-0.25, -0.2) is 4.79 Å². The Labute approximate surface area is 94.4 Å². The van der Waals surface area contributed by atoms with Gasteiger partial charge >= 0.3 is 5.97 Å². The molecule has 0 unspecified atom stereocenters. The van der Waals surface area contributed by atoms with Gasteiger partial charge in [-0.2, -0.15) is 5.26 Å². The van der Waals surface area contributed by atoms with Crippen molar-refractivity contribution in [2.24, 2.45) is 0 Å². The molecular weight excluding hydrogens is 206 g/mol. The zero-order valence-electron chi connectivity index (χ0n) is 9.32. The van der Waals surface area contributed by atoms with Crippen LogP contribution >= 0.6 is 0 Å². The molecule has 0 radical (unpaired) electrons. The van der Waals surface area contributed by atoms with Crippen LogP contribution in [-0.4, -0.2) is 19.2 Å². The average molecular weight is 219 g/mol. The molecular formula is C12H13NO3. The minimum Gasteiger partial charge on any atom is -0.481 e. The highest BCUT2D eigenvalue weighted by Crippen LogP contribution is 2.19. The van der Waals surface area contributed by atoms with Gasteiger partial charge in [-0.05, 0) is 31.5 Å². The summed E-state index contributed by atoms with van der Waals surface area (Å²) in [5.74, 6) is -0.0246. The van der Waals surface area contributed by atoms with Gasteiger partial charge in [0.15, 0.2) is 6.61 Å². The largest absolute Gasteiger partial charge is 0.481 e. The predicted molar refractivity (Wildman–Crippen MR) is 58.0 cm³/mol. The van der Waals surface area contributed by atoms with Crippen LogP contribution in [0.1, 0.15) is 18.1 Å². The van der Waals surface area contributed by atoms with Crippen molar-refractivity contribution < 1.29 is 14.3 Å². The van der Waals surface area contributed by atoms with Crippen molar-refractivity contribution in [1.82, 2.24) is 0 Å². The number of esters is 1. The van der Waals surface area contributed by atoms with E-state index in [1.807, 2.05) is 19.1 Å². The molecule has 1 rings (SSSR count). The van der Waals surface area contributed by atoms with E-state index >= 15 is 0 Å². The number of hydrogen-bond acceptors (Lipinski definition) is 4. The van der Waals surface area contributed by atoms with Crippen molar-refractivity contribution in [3.05, 3.63) is 29.3 Å². The highest BCUT2D eigenvalue weighted by molar-refractivity contribution is 5.71. The van der Waals surface area contributed by atoms with E-state index in [-0.39, 0.29) is 6.61 Å². The number of rotatable bonds is 4. The number of nitriles is 1. The minimum atomic E-state index is -0.437. The number of hydrogen-bond donors (Lipinski definition) is 0. The molecule has 0 aliphatic carbocycles. The summed E-state index contributed by atoms with van der Waals surface area (Å²) in [6, 6.07) is 7.20. The second-order valence-corrected chi connectivity index (χ2v) is 3.21. The van der Waals surface area contributed by atoms with Gasteiger partial charge in [0.1, 0.15) is 11.8 Å². The van der Waals surface area contributed by atoms with Gasteiger partial charge in [0.25, 0.3) is 0 Å². The Morgan fingerprint density at radius 2 is 2.25 bits per heavy atom. The molecule has 16 heavy (non-hydrogen) atoms. The lowest BCUT2D eigenvalue weighted by atomic mass is 10.1. The van der Waals surface area contributed by atoms with Crippen molar-refractivity contribution in [2.75, 3.05) is 13.2 Å². The first-order chi connectivity index (χ1) is 7.67. The van der Waals surface area contributed by atoms with Crippen LogP contribution < -0.4 is 4.74 Å². The summed E-state index contributed by atoms with van der Waals surface area (Å²) in [5, 5.41) is 8.83. The van der Waals surface area contributed by atoms with Crippen LogP contribution in [0, 0.1) is 18.3 Å². The van der Waals surface area contributed by atoms with Crippen LogP contribution in [0.25, 0.3) is 0 Å². The standard InChI is InChI=1S/C12H13NO3/c1-3-15-12(14)8-16-11-6-9(2)4-5-10(11)7-13/h4-6H,3,8H2,1-2H3. The van der Waals surface area contributed by atoms with Gasteiger partial charge in [-0.3, -0.25) is 0 Å². The first kappa shape index (κ1) is 12.1. The molecule has 0 fully saturated rings. The summed E-state index contributed by atoms with van der Waals surface area (Å²) in [4.78, 5) is 11.1. The van der Waals surface area contributed by atoms with Crippen LogP contribution in [-0.2, 0) is 9.53 Å². The Kier molecular flexibility index (Phi) is 4.34. The molecule has 1 aromatic rings. The Morgan fingerprint density at radius 1 is 1.50 bits per heavy atom.